The lowest BCUT2D eigenvalue weighted by atomic mass is 10.0. The van der Waals surface area contributed by atoms with Crippen LogP contribution >= 0.6 is 0 Å². The first-order valence-corrected chi connectivity index (χ1v) is 5.01. The minimum Gasteiger partial charge on any atom is -0.374 e. The summed E-state index contributed by atoms with van der Waals surface area (Å²) in [5, 5.41) is 0. The normalized spacial score (nSPS) is 12.1. The van der Waals surface area contributed by atoms with E-state index in [2.05, 4.69) is 52.4 Å². The fourth-order valence-electron chi connectivity index (χ4n) is 1.57. The molecule has 0 radical (unpaired) electrons. The van der Waals surface area contributed by atoms with Gasteiger partial charge in [-0.25, -0.2) is 0 Å². The zero-order valence-corrected chi connectivity index (χ0v) is 9.72. The van der Waals surface area contributed by atoms with Crippen molar-refractivity contribution in [1.29, 1.82) is 0 Å². The van der Waals surface area contributed by atoms with Gasteiger partial charge in [-0.2, -0.15) is 0 Å². The molecule has 0 spiro atoms. The van der Waals surface area contributed by atoms with E-state index >= 15 is 0 Å². The highest BCUT2D eigenvalue weighted by atomic mass is 15.1. The molecule has 0 amide bonds. The Morgan fingerprint density at radius 3 is 2.23 bits per heavy atom. The molecule has 13 heavy (non-hydrogen) atoms. The van der Waals surface area contributed by atoms with Crippen LogP contribution in [0.15, 0.2) is 23.9 Å². The highest BCUT2D eigenvalue weighted by Crippen LogP contribution is 2.14. The second-order valence-corrected chi connectivity index (χ2v) is 4.02. The maximum absolute atomic E-state index is 4.03. The quantitative estimate of drug-likeness (QED) is 0.586. The molecule has 0 saturated carbocycles. The summed E-state index contributed by atoms with van der Waals surface area (Å²) in [6.07, 6.45) is 4.59. The Bertz CT molecular complexity index is 187. The van der Waals surface area contributed by atoms with Gasteiger partial charge in [0.15, 0.2) is 0 Å². The van der Waals surface area contributed by atoms with Gasteiger partial charge in [-0.3, -0.25) is 0 Å². The predicted octanol–water partition coefficient (Wildman–Crippen LogP) is 3.59. The third kappa shape index (κ3) is 4.76. The van der Waals surface area contributed by atoms with Gasteiger partial charge < -0.3 is 4.90 Å². The largest absolute Gasteiger partial charge is 0.374 e. The fourth-order valence-corrected chi connectivity index (χ4v) is 1.57. The lowest BCUT2D eigenvalue weighted by Crippen LogP contribution is -2.27. The summed E-state index contributed by atoms with van der Waals surface area (Å²) in [7, 11) is 2.13. The van der Waals surface area contributed by atoms with Crippen LogP contribution in [0.25, 0.3) is 0 Å². The zero-order valence-electron chi connectivity index (χ0n) is 9.72. The van der Waals surface area contributed by atoms with E-state index < -0.39 is 0 Å². The van der Waals surface area contributed by atoms with Gasteiger partial charge in [0.05, 0.1) is 0 Å². The molecule has 0 bridgehead atoms. The molecular weight excluding hydrogens is 158 g/mol. The SMILES string of the molecule is C=C(C)C(CCC)N(C)C=C(C)C. The summed E-state index contributed by atoms with van der Waals surface area (Å²) in [6.45, 7) is 12.6. The first-order valence-electron chi connectivity index (χ1n) is 5.01. The molecule has 0 aliphatic carbocycles. The van der Waals surface area contributed by atoms with Crippen molar-refractivity contribution in [3.8, 4) is 0 Å². The molecule has 0 aromatic carbocycles. The van der Waals surface area contributed by atoms with E-state index in [-0.39, 0.29) is 0 Å². The number of nitrogens with zero attached hydrogens (tertiary/aromatic N) is 1. The van der Waals surface area contributed by atoms with E-state index in [9.17, 15) is 0 Å². The van der Waals surface area contributed by atoms with Crippen LogP contribution in [0, 0.1) is 0 Å². The molecule has 76 valence electrons. The van der Waals surface area contributed by atoms with Crippen molar-refractivity contribution in [2.75, 3.05) is 7.05 Å². The van der Waals surface area contributed by atoms with Crippen LogP contribution < -0.4 is 0 Å². The maximum Gasteiger partial charge on any atom is 0.0488 e. The second kappa shape index (κ2) is 5.85. The van der Waals surface area contributed by atoms with Crippen molar-refractivity contribution in [3.63, 3.8) is 0 Å². The van der Waals surface area contributed by atoms with E-state index in [0.717, 1.165) is 0 Å². The standard InChI is InChI=1S/C12H23N/c1-7-8-12(11(4)5)13(6)9-10(2)3/h9,12H,4,7-8H2,1-3,5-6H3. The molecule has 0 aliphatic rings. The molecule has 0 aromatic heterocycles. The molecule has 1 unspecified atom stereocenters. The van der Waals surface area contributed by atoms with Crippen LogP contribution in [-0.4, -0.2) is 18.0 Å². The summed E-state index contributed by atoms with van der Waals surface area (Å²) >= 11 is 0. The van der Waals surface area contributed by atoms with Crippen molar-refractivity contribution in [2.24, 2.45) is 0 Å². The average molecular weight is 181 g/mol. The van der Waals surface area contributed by atoms with Crippen LogP contribution in [-0.2, 0) is 0 Å². The van der Waals surface area contributed by atoms with E-state index in [1.807, 2.05) is 0 Å². The van der Waals surface area contributed by atoms with Crippen LogP contribution in [0.4, 0.5) is 0 Å². The smallest absolute Gasteiger partial charge is 0.0488 e. The van der Waals surface area contributed by atoms with Gasteiger partial charge in [-0.1, -0.05) is 31.1 Å². The molecule has 0 heterocycles. The van der Waals surface area contributed by atoms with Gasteiger partial charge in [0.2, 0.25) is 0 Å². The Morgan fingerprint density at radius 2 is 1.92 bits per heavy atom. The first-order chi connectivity index (χ1) is 5.99. The van der Waals surface area contributed by atoms with Crippen LogP contribution in [0.5, 0.6) is 0 Å². The van der Waals surface area contributed by atoms with Crippen LogP contribution in [0.2, 0.25) is 0 Å². The maximum atomic E-state index is 4.03. The van der Waals surface area contributed by atoms with Crippen LogP contribution in [0.3, 0.4) is 0 Å². The molecule has 0 N–H and O–H groups in total. The number of hydrogen-bond donors (Lipinski definition) is 0. The average Bonchev–Trinajstić information content (AvgIpc) is 1.97. The Hall–Kier alpha value is -0.720. The minimum absolute atomic E-state index is 0.500. The van der Waals surface area contributed by atoms with Gasteiger partial charge in [0.1, 0.15) is 0 Å². The molecule has 1 nitrogen and oxygen atoms in total. The van der Waals surface area contributed by atoms with E-state index in [1.54, 1.807) is 0 Å². The monoisotopic (exact) mass is 181 g/mol. The Balaban J connectivity index is 4.36. The van der Waals surface area contributed by atoms with E-state index in [0.29, 0.717) is 6.04 Å². The topological polar surface area (TPSA) is 3.24 Å². The minimum atomic E-state index is 0.500. The molecular formula is C12H23N. The van der Waals surface area contributed by atoms with Crippen molar-refractivity contribution in [3.05, 3.63) is 23.9 Å². The highest BCUT2D eigenvalue weighted by Gasteiger charge is 2.10. The van der Waals surface area contributed by atoms with Crippen molar-refractivity contribution in [2.45, 2.75) is 46.6 Å². The van der Waals surface area contributed by atoms with E-state index in [1.165, 1.54) is 24.0 Å². The summed E-state index contributed by atoms with van der Waals surface area (Å²) in [5.41, 5.74) is 2.59. The summed E-state index contributed by atoms with van der Waals surface area (Å²) < 4.78 is 0. The predicted molar refractivity (Wildman–Crippen MR) is 60.7 cm³/mol. The highest BCUT2D eigenvalue weighted by molar-refractivity contribution is 5.06. The van der Waals surface area contributed by atoms with Gasteiger partial charge in [0, 0.05) is 13.1 Å². The Morgan fingerprint density at radius 1 is 1.38 bits per heavy atom. The Labute approximate surface area is 83.1 Å². The lowest BCUT2D eigenvalue weighted by Gasteiger charge is -2.27. The molecule has 1 heteroatoms. The van der Waals surface area contributed by atoms with Gasteiger partial charge in [-0.15, -0.1) is 0 Å². The Kier molecular flexibility index (Phi) is 5.52. The summed E-state index contributed by atoms with van der Waals surface area (Å²) in [6, 6.07) is 0.500. The molecule has 0 rings (SSSR count). The summed E-state index contributed by atoms with van der Waals surface area (Å²) in [5.74, 6) is 0. The van der Waals surface area contributed by atoms with Crippen molar-refractivity contribution in [1.82, 2.24) is 4.90 Å². The molecule has 0 fully saturated rings. The van der Waals surface area contributed by atoms with Crippen molar-refractivity contribution < 1.29 is 0 Å². The molecule has 0 aromatic rings. The lowest BCUT2D eigenvalue weighted by molar-refractivity contribution is 0.347. The molecule has 0 aliphatic heterocycles. The number of hydrogen-bond acceptors (Lipinski definition) is 1. The number of allylic oxidation sites excluding steroid dienone is 1. The first kappa shape index (κ1) is 12.3. The molecule has 0 saturated heterocycles. The third-order valence-corrected chi connectivity index (χ3v) is 2.08. The van der Waals surface area contributed by atoms with Gasteiger partial charge >= 0.3 is 0 Å². The second-order valence-electron chi connectivity index (χ2n) is 4.02. The van der Waals surface area contributed by atoms with Crippen molar-refractivity contribution >= 4 is 0 Å². The third-order valence-electron chi connectivity index (χ3n) is 2.08. The number of rotatable bonds is 5. The number of likely N-dealkylation sites (N-methyl/N-ethyl adjacent to an activating group) is 1. The zero-order chi connectivity index (χ0) is 10.4. The van der Waals surface area contributed by atoms with Crippen LogP contribution in [0.1, 0.15) is 40.5 Å². The fraction of sp³-hybridized carbons (Fsp3) is 0.667. The van der Waals surface area contributed by atoms with E-state index in [4.69, 9.17) is 0 Å². The van der Waals surface area contributed by atoms with Gasteiger partial charge in [-0.05, 0) is 33.4 Å². The summed E-state index contributed by atoms with van der Waals surface area (Å²) in [4.78, 5) is 2.27. The molecule has 1 atom stereocenters. The van der Waals surface area contributed by atoms with Gasteiger partial charge in [0.25, 0.3) is 0 Å².